The molecule has 0 spiro atoms. The fourth-order valence-corrected chi connectivity index (χ4v) is 1.43. The highest BCUT2D eigenvalue weighted by molar-refractivity contribution is 7.80. The molecule has 1 fully saturated rings. The molecule has 1 heterocycles. The minimum atomic E-state index is -0.0985. The van der Waals surface area contributed by atoms with E-state index in [1.54, 1.807) is 0 Å². The van der Waals surface area contributed by atoms with Gasteiger partial charge in [0.15, 0.2) is 5.11 Å². The van der Waals surface area contributed by atoms with E-state index in [1.165, 1.54) is 0 Å². The van der Waals surface area contributed by atoms with E-state index in [1.807, 2.05) is 6.92 Å². The number of carbonyl (C=O) groups excluding carboxylic acids is 1. The molecule has 1 aliphatic heterocycles. The molecular formula is C9H14N2OS. The highest BCUT2D eigenvalue weighted by Gasteiger charge is 2.21. The maximum Gasteiger partial charge on any atom is 0.273 e. The lowest BCUT2D eigenvalue weighted by Gasteiger charge is -2.02. The Kier molecular flexibility index (Phi) is 3.42. The van der Waals surface area contributed by atoms with Gasteiger partial charge in [0.2, 0.25) is 0 Å². The van der Waals surface area contributed by atoms with Crippen molar-refractivity contribution < 1.29 is 4.79 Å². The van der Waals surface area contributed by atoms with E-state index in [4.69, 9.17) is 12.2 Å². The van der Waals surface area contributed by atoms with Crippen molar-refractivity contribution in [2.75, 3.05) is 0 Å². The zero-order valence-corrected chi connectivity index (χ0v) is 8.75. The normalized spacial score (nSPS) is 19.8. The van der Waals surface area contributed by atoms with Crippen LogP contribution in [0.3, 0.4) is 0 Å². The average molecular weight is 198 g/mol. The number of rotatable bonds is 3. The highest BCUT2D eigenvalue weighted by atomic mass is 32.1. The van der Waals surface area contributed by atoms with Crippen molar-refractivity contribution in [3.8, 4) is 0 Å². The van der Waals surface area contributed by atoms with Gasteiger partial charge in [-0.1, -0.05) is 13.3 Å². The molecule has 0 aromatic rings. The minimum absolute atomic E-state index is 0.0985. The summed E-state index contributed by atoms with van der Waals surface area (Å²) >= 11 is 4.83. The number of thiocarbonyl (C=S) groups is 1. The lowest BCUT2D eigenvalue weighted by Crippen LogP contribution is -2.21. The summed E-state index contributed by atoms with van der Waals surface area (Å²) < 4.78 is 0. The molecule has 13 heavy (non-hydrogen) atoms. The van der Waals surface area contributed by atoms with Gasteiger partial charge in [-0.3, -0.25) is 10.1 Å². The zero-order valence-electron chi connectivity index (χ0n) is 7.94. The lowest BCUT2D eigenvalue weighted by molar-refractivity contribution is -0.115. The average Bonchev–Trinajstić information content (AvgIpc) is 2.41. The van der Waals surface area contributed by atoms with Crippen LogP contribution < -0.4 is 10.6 Å². The van der Waals surface area contributed by atoms with E-state index >= 15 is 0 Å². The molecule has 0 radical (unpaired) electrons. The fourth-order valence-electron chi connectivity index (χ4n) is 1.23. The Morgan fingerprint density at radius 3 is 2.62 bits per heavy atom. The second kappa shape index (κ2) is 4.37. The van der Waals surface area contributed by atoms with Crippen LogP contribution in [-0.4, -0.2) is 11.0 Å². The Labute approximate surface area is 83.6 Å². The van der Waals surface area contributed by atoms with Gasteiger partial charge in [0.25, 0.3) is 5.91 Å². The first-order chi connectivity index (χ1) is 6.15. The second-order valence-corrected chi connectivity index (χ2v) is 3.58. The number of unbranched alkanes of at least 4 members (excludes halogenated alkanes) is 1. The van der Waals surface area contributed by atoms with E-state index in [-0.39, 0.29) is 5.91 Å². The monoisotopic (exact) mass is 198 g/mol. The molecule has 1 aliphatic rings. The van der Waals surface area contributed by atoms with E-state index in [9.17, 15) is 4.79 Å². The molecule has 72 valence electrons. The molecule has 1 saturated heterocycles. The van der Waals surface area contributed by atoms with Gasteiger partial charge in [-0.15, -0.1) is 0 Å². The minimum Gasteiger partial charge on any atom is -0.328 e. The highest BCUT2D eigenvalue weighted by Crippen LogP contribution is 2.12. The third-order valence-corrected chi connectivity index (χ3v) is 2.23. The van der Waals surface area contributed by atoms with Crippen molar-refractivity contribution in [1.29, 1.82) is 0 Å². The Morgan fingerprint density at radius 2 is 2.15 bits per heavy atom. The van der Waals surface area contributed by atoms with Gasteiger partial charge in [0, 0.05) is 0 Å². The van der Waals surface area contributed by atoms with Crippen molar-refractivity contribution in [3.05, 3.63) is 11.3 Å². The molecule has 0 aromatic heterocycles. The van der Waals surface area contributed by atoms with Crippen molar-refractivity contribution >= 4 is 23.2 Å². The Hall–Kier alpha value is -0.900. The molecule has 0 bridgehead atoms. The lowest BCUT2D eigenvalue weighted by atomic mass is 10.1. The van der Waals surface area contributed by atoms with Gasteiger partial charge in [-0.2, -0.15) is 0 Å². The van der Waals surface area contributed by atoms with Crippen LogP contribution in [0.5, 0.6) is 0 Å². The maximum absolute atomic E-state index is 11.3. The van der Waals surface area contributed by atoms with Gasteiger partial charge in [-0.05, 0) is 37.6 Å². The molecule has 2 N–H and O–H groups in total. The van der Waals surface area contributed by atoms with Gasteiger partial charge in [0.1, 0.15) is 5.70 Å². The van der Waals surface area contributed by atoms with Crippen molar-refractivity contribution in [2.24, 2.45) is 0 Å². The van der Waals surface area contributed by atoms with Crippen molar-refractivity contribution in [2.45, 2.75) is 33.1 Å². The van der Waals surface area contributed by atoms with Crippen molar-refractivity contribution in [1.82, 2.24) is 10.6 Å². The van der Waals surface area contributed by atoms with Crippen LogP contribution in [0.4, 0.5) is 0 Å². The summed E-state index contributed by atoms with van der Waals surface area (Å²) in [5, 5.41) is 5.82. The molecule has 1 rings (SSSR count). The topological polar surface area (TPSA) is 41.1 Å². The van der Waals surface area contributed by atoms with Gasteiger partial charge in [0.05, 0.1) is 0 Å². The van der Waals surface area contributed by atoms with E-state index in [0.717, 1.165) is 24.8 Å². The molecule has 0 aromatic carbocycles. The summed E-state index contributed by atoms with van der Waals surface area (Å²) in [7, 11) is 0. The Bertz CT molecular complexity index is 271. The number of carbonyl (C=O) groups is 1. The second-order valence-electron chi connectivity index (χ2n) is 3.17. The number of hydrogen-bond donors (Lipinski definition) is 2. The Balaban J connectivity index is 2.67. The first-order valence-corrected chi connectivity index (χ1v) is 4.88. The first kappa shape index (κ1) is 10.2. The first-order valence-electron chi connectivity index (χ1n) is 4.47. The number of allylic oxidation sites excluding steroid dienone is 1. The molecule has 4 heteroatoms. The van der Waals surface area contributed by atoms with Crippen LogP contribution >= 0.6 is 12.2 Å². The molecule has 0 atom stereocenters. The molecule has 0 unspecified atom stereocenters. The van der Waals surface area contributed by atoms with Crippen LogP contribution in [-0.2, 0) is 4.79 Å². The van der Waals surface area contributed by atoms with Crippen molar-refractivity contribution in [3.63, 3.8) is 0 Å². The largest absolute Gasteiger partial charge is 0.328 e. The molecule has 0 aliphatic carbocycles. The predicted molar refractivity (Wildman–Crippen MR) is 56.1 cm³/mol. The summed E-state index contributed by atoms with van der Waals surface area (Å²) in [5.41, 5.74) is 1.72. The summed E-state index contributed by atoms with van der Waals surface area (Å²) in [4.78, 5) is 11.3. The third kappa shape index (κ3) is 2.52. The van der Waals surface area contributed by atoms with Crippen LogP contribution in [0.2, 0.25) is 0 Å². The van der Waals surface area contributed by atoms with E-state index < -0.39 is 0 Å². The van der Waals surface area contributed by atoms with Crippen LogP contribution in [0.25, 0.3) is 0 Å². The van der Waals surface area contributed by atoms with Crippen LogP contribution in [0, 0.1) is 0 Å². The predicted octanol–water partition coefficient (Wildman–Crippen LogP) is 1.45. The maximum atomic E-state index is 11.3. The number of nitrogens with one attached hydrogen (secondary N) is 2. The SMILES string of the molecule is CCCC/C(C)=C1/NC(=S)NC1=O. The summed E-state index contributed by atoms with van der Waals surface area (Å²) in [6.45, 7) is 4.09. The number of amides is 1. The molecule has 1 amide bonds. The van der Waals surface area contributed by atoms with E-state index in [2.05, 4.69) is 17.6 Å². The third-order valence-electron chi connectivity index (χ3n) is 2.02. The summed E-state index contributed by atoms with van der Waals surface area (Å²) in [6, 6.07) is 0. The van der Waals surface area contributed by atoms with Gasteiger partial charge >= 0.3 is 0 Å². The zero-order chi connectivity index (χ0) is 9.84. The van der Waals surface area contributed by atoms with Gasteiger partial charge in [-0.25, -0.2) is 0 Å². The molecule has 3 nitrogen and oxygen atoms in total. The molecular weight excluding hydrogens is 184 g/mol. The smallest absolute Gasteiger partial charge is 0.273 e. The standard InChI is InChI=1S/C9H14N2OS/c1-3-4-5-6(2)7-8(12)11-9(13)10-7/h3-5H2,1-2H3,(H2,10,11,12,13)/b7-6+. The summed E-state index contributed by atoms with van der Waals surface area (Å²) in [5.74, 6) is -0.0985. The summed E-state index contributed by atoms with van der Waals surface area (Å²) in [6.07, 6.45) is 3.20. The molecule has 0 saturated carbocycles. The quantitative estimate of drug-likeness (QED) is 0.533. The number of hydrogen-bond acceptors (Lipinski definition) is 2. The van der Waals surface area contributed by atoms with E-state index in [0.29, 0.717) is 10.8 Å². The Morgan fingerprint density at radius 1 is 1.46 bits per heavy atom. The van der Waals surface area contributed by atoms with Crippen LogP contribution in [0.15, 0.2) is 11.3 Å². The fraction of sp³-hybridized carbons (Fsp3) is 0.556. The van der Waals surface area contributed by atoms with Crippen LogP contribution in [0.1, 0.15) is 33.1 Å². The van der Waals surface area contributed by atoms with Gasteiger partial charge < -0.3 is 5.32 Å².